The molecule has 7 heteroatoms. The zero-order chi connectivity index (χ0) is 21.0. The van der Waals surface area contributed by atoms with Crippen molar-refractivity contribution in [3.63, 3.8) is 0 Å². The van der Waals surface area contributed by atoms with Crippen LogP contribution in [0.4, 0.5) is 5.69 Å². The number of para-hydroxylation sites is 2. The van der Waals surface area contributed by atoms with Gasteiger partial charge in [-0.25, -0.2) is 4.98 Å². The number of carbonyl (C=O) groups is 1. The summed E-state index contributed by atoms with van der Waals surface area (Å²) >= 11 is 1.24. The van der Waals surface area contributed by atoms with Crippen molar-refractivity contribution in [3.05, 3.63) is 64.4 Å². The van der Waals surface area contributed by atoms with Gasteiger partial charge in [-0.05, 0) is 44.5 Å². The minimum atomic E-state index is -0.509. The van der Waals surface area contributed by atoms with Crippen LogP contribution >= 0.6 is 11.8 Å². The zero-order valence-electron chi connectivity index (χ0n) is 16.5. The summed E-state index contributed by atoms with van der Waals surface area (Å²) in [7, 11) is 0. The number of aromatic nitrogens is 2. The molecule has 3 rings (SSSR count). The molecule has 1 heterocycles. The Labute approximate surface area is 173 Å². The van der Waals surface area contributed by atoms with Crippen LogP contribution in [0.5, 0.6) is 0 Å². The van der Waals surface area contributed by atoms with Crippen LogP contribution in [0.2, 0.25) is 0 Å². The van der Waals surface area contributed by atoms with Crippen molar-refractivity contribution in [1.82, 2.24) is 9.55 Å². The van der Waals surface area contributed by atoms with Crippen LogP contribution in [0.1, 0.15) is 38.8 Å². The van der Waals surface area contributed by atoms with Crippen molar-refractivity contribution < 1.29 is 4.79 Å². The fourth-order valence-corrected chi connectivity index (χ4v) is 3.93. The van der Waals surface area contributed by atoms with Crippen molar-refractivity contribution in [1.29, 1.82) is 5.26 Å². The minimum absolute atomic E-state index is 0.0447. The Balaban J connectivity index is 1.93. The highest BCUT2D eigenvalue weighted by Crippen LogP contribution is 2.27. The van der Waals surface area contributed by atoms with Crippen molar-refractivity contribution in [2.75, 3.05) is 5.32 Å². The van der Waals surface area contributed by atoms with Gasteiger partial charge in [-0.15, -0.1) is 0 Å². The van der Waals surface area contributed by atoms with Crippen LogP contribution in [-0.4, -0.2) is 20.7 Å². The van der Waals surface area contributed by atoms with Gasteiger partial charge < -0.3 is 5.32 Å². The molecule has 148 valence electrons. The lowest BCUT2D eigenvalue weighted by molar-refractivity contribution is -0.115. The molecule has 0 saturated heterocycles. The Morgan fingerprint density at radius 1 is 1.21 bits per heavy atom. The van der Waals surface area contributed by atoms with E-state index < -0.39 is 5.25 Å². The number of anilines is 1. The van der Waals surface area contributed by atoms with E-state index in [0.29, 0.717) is 27.3 Å². The maximum absolute atomic E-state index is 13.0. The average Bonchev–Trinajstić information content (AvgIpc) is 2.73. The van der Waals surface area contributed by atoms with E-state index in [1.54, 1.807) is 47.9 Å². The van der Waals surface area contributed by atoms with E-state index in [4.69, 9.17) is 0 Å². The van der Waals surface area contributed by atoms with E-state index in [0.717, 1.165) is 6.42 Å². The van der Waals surface area contributed by atoms with Gasteiger partial charge >= 0.3 is 0 Å². The molecule has 0 radical (unpaired) electrons. The number of amides is 1. The third kappa shape index (κ3) is 4.33. The van der Waals surface area contributed by atoms with Gasteiger partial charge in [0.1, 0.15) is 6.07 Å². The van der Waals surface area contributed by atoms with Gasteiger partial charge in [-0.3, -0.25) is 14.2 Å². The summed E-state index contributed by atoms with van der Waals surface area (Å²) in [6.45, 7) is 5.74. The molecule has 1 N–H and O–H groups in total. The van der Waals surface area contributed by atoms with Crippen LogP contribution in [0.25, 0.3) is 10.9 Å². The molecule has 0 bridgehead atoms. The lowest BCUT2D eigenvalue weighted by atomic mass is 10.2. The Morgan fingerprint density at radius 3 is 2.62 bits per heavy atom. The molecule has 0 fully saturated rings. The van der Waals surface area contributed by atoms with Crippen molar-refractivity contribution in [2.24, 2.45) is 0 Å². The zero-order valence-corrected chi connectivity index (χ0v) is 17.4. The molecule has 29 heavy (non-hydrogen) atoms. The van der Waals surface area contributed by atoms with Crippen molar-refractivity contribution in [3.8, 4) is 6.07 Å². The first-order valence-electron chi connectivity index (χ1n) is 9.44. The van der Waals surface area contributed by atoms with Crippen molar-refractivity contribution >= 4 is 34.3 Å². The van der Waals surface area contributed by atoms with Crippen LogP contribution in [0.3, 0.4) is 0 Å². The molecule has 0 unspecified atom stereocenters. The van der Waals surface area contributed by atoms with E-state index >= 15 is 0 Å². The fraction of sp³-hybridized carbons (Fsp3) is 0.273. The minimum Gasteiger partial charge on any atom is -0.324 e. The molecular weight excluding hydrogens is 384 g/mol. The van der Waals surface area contributed by atoms with Gasteiger partial charge in [-0.1, -0.05) is 43.0 Å². The molecule has 0 spiro atoms. The van der Waals surface area contributed by atoms with Gasteiger partial charge in [0.2, 0.25) is 5.91 Å². The highest BCUT2D eigenvalue weighted by atomic mass is 32.2. The van der Waals surface area contributed by atoms with E-state index in [1.807, 2.05) is 26.0 Å². The van der Waals surface area contributed by atoms with Crippen LogP contribution in [0.15, 0.2) is 58.5 Å². The van der Waals surface area contributed by atoms with E-state index in [-0.39, 0.29) is 17.5 Å². The van der Waals surface area contributed by atoms with Crippen LogP contribution < -0.4 is 10.9 Å². The predicted molar refractivity (Wildman–Crippen MR) is 116 cm³/mol. The number of carbonyl (C=O) groups excluding carboxylic acids is 1. The number of nitrogens with zero attached hydrogens (tertiary/aromatic N) is 3. The Kier molecular flexibility index (Phi) is 6.35. The number of nitrogens with one attached hydrogen (secondary N) is 1. The van der Waals surface area contributed by atoms with Gasteiger partial charge in [0.25, 0.3) is 5.56 Å². The van der Waals surface area contributed by atoms with E-state index in [9.17, 15) is 14.9 Å². The number of fused-ring (bicyclic) bond motifs is 1. The summed E-state index contributed by atoms with van der Waals surface area (Å²) in [5, 5.41) is 12.6. The first-order chi connectivity index (χ1) is 14.0. The summed E-state index contributed by atoms with van der Waals surface area (Å²) in [6, 6.07) is 16.1. The number of nitriles is 1. The molecule has 0 aliphatic heterocycles. The summed E-state index contributed by atoms with van der Waals surface area (Å²) in [5.41, 5.74) is 1.38. The lowest BCUT2D eigenvalue weighted by Crippen LogP contribution is -2.28. The Morgan fingerprint density at radius 2 is 1.90 bits per heavy atom. The monoisotopic (exact) mass is 406 g/mol. The van der Waals surface area contributed by atoms with Crippen molar-refractivity contribution in [2.45, 2.75) is 43.6 Å². The second-order valence-electron chi connectivity index (χ2n) is 6.75. The number of rotatable bonds is 6. The highest BCUT2D eigenvalue weighted by molar-refractivity contribution is 8.00. The second-order valence-corrected chi connectivity index (χ2v) is 8.06. The molecule has 2 atom stereocenters. The fourth-order valence-electron chi connectivity index (χ4n) is 2.92. The molecule has 0 aliphatic rings. The molecule has 0 aliphatic carbocycles. The standard InChI is InChI=1S/C22H22N4O2S/c1-4-14(2)26-21(28)17-10-6-8-12-19(17)25-22(26)29-15(3)20(27)24-18-11-7-5-9-16(18)13-23/h5-12,14-15H,4H2,1-3H3,(H,24,27)/t14-,15+/m0/s1. The molecule has 6 nitrogen and oxygen atoms in total. The molecule has 3 aromatic rings. The van der Waals surface area contributed by atoms with E-state index in [1.165, 1.54) is 11.8 Å². The smallest absolute Gasteiger partial charge is 0.262 e. The third-order valence-corrected chi connectivity index (χ3v) is 5.83. The second kappa shape index (κ2) is 8.93. The average molecular weight is 407 g/mol. The van der Waals surface area contributed by atoms with Gasteiger partial charge in [-0.2, -0.15) is 5.26 Å². The van der Waals surface area contributed by atoms with Crippen LogP contribution in [-0.2, 0) is 4.79 Å². The summed E-state index contributed by atoms with van der Waals surface area (Å²) < 4.78 is 1.67. The highest BCUT2D eigenvalue weighted by Gasteiger charge is 2.22. The van der Waals surface area contributed by atoms with Gasteiger partial charge in [0.15, 0.2) is 5.16 Å². The number of hydrogen-bond acceptors (Lipinski definition) is 5. The first kappa shape index (κ1) is 20.6. The maximum atomic E-state index is 13.0. The summed E-state index contributed by atoms with van der Waals surface area (Å²) in [6.07, 6.45) is 0.767. The molecule has 0 saturated carbocycles. The topological polar surface area (TPSA) is 87.8 Å². The Bertz CT molecular complexity index is 1150. The quantitative estimate of drug-likeness (QED) is 0.485. The largest absolute Gasteiger partial charge is 0.324 e. The Hall–Kier alpha value is -3.11. The van der Waals surface area contributed by atoms with Gasteiger partial charge in [0, 0.05) is 6.04 Å². The van der Waals surface area contributed by atoms with Gasteiger partial charge in [0.05, 0.1) is 27.4 Å². The SMILES string of the molecule is CC[C@H](C)n1c(S[C@H](C)C(=O)Nc2ccccc2C#N)nc2ccccc2c1=O. The maximum Gasteiger partial charge on any atom is 0.262 e. The van der Waals surface area contributed by atoms with Crippen LogP contribution in [0, 0.1) is 11.3 Å². The summed E-state index contributed by atoms with van der Waals surface area (Å²) in [4.78, 5) is 30.4. The molecule has 1 aromatic heterocycles. The molecular formula is C22H22N4O2S. The lowest BCUT2D eigenvalue weighted by Gasteiger charge is -2.20. The molecule has 1 amide bonds. The number of benzene rings is 2. The van der Waals surface area contributed by atoms with E-state index in [2.05, 4.69) is 16.4 Å². The molecule has 2 aromatic carbocycles. The normalized spacial score (nSPS) is 12.9. The number of hydrogen-bond donors (Lipinski definition) is 1. The summed E-state index contributed by atoms with van der Waals surface area (Å²) in [5.74, 6) is -0.254. The number of thioether (sulfide) groups is 1. The predicted octanol–water partition coefficient (Wildman–Crippen LogP) is 4.36. The third-order valence-electron chi connectivity index (χ3n) is 4.76. The first-order valence-corrected chi connectivity index (χ1v) is 10.3.